The molecule has 2 fully saturated rings. The second kappa shape index (κ2) is 13.0. The second-order valence-corrected chi connectivity index (χ2v) is 11.1. The molecule has 3 aromatic carbocycles. The van der Waals surface area contributed by atoms with Crippen LogP contribution in [0.3, 0.4) is 0 Å². The van der Waals surface area contributed by atoms with E-state index in [1.54, 1.807) is 67.6 Å². The number of aliphatic imine (C=N–C) groups is 1. The Kier molecular flexibility index (Phi) is 9.19. The number of rotatable bonds is 7. The zero-order valence-corrected chi connectivity index (χ0v) is 24.8. The van der Waals surface area contributed by atoms with Gasteiger partial charge in [0.2, 0.25) is 0 Å². The minimum Gasteiger partial charge on any atom is -0.493 e. The number of benzene rings is 3. The molecule has 0 radical (unpaired) electrons. The highest BCUT2D eigenvalue weighted by Crippen LogP contribution is 2.36. The molecule has 0 spiro atoms. The number of carbonyl (C=O) groups is 2. The lowest BCUT2D eigenvalue weighted by Crippen LogP contribution is -2.40. The molecule has 0 unspecified atom stereocenters. The monoisotopic (exact) mass is 611 g/mol. The minimum absolute atomic E-state index is 0.0583. The molecule has 212 valence electrons. The standard InChI is InChI=1S/C30H27Cl2N3O5S/c1-34-29(37)27(41-30(34)33-23-5-3-4-20(16-23)28(36)35-10-12-39-13-11-35)15-19-6-9-25(26(14-19)38-2)40-18-21-7-8-22(31)17-24(21)32/h3-9,14-17H,10-13,18H2,1-2H3/b27-15+,33-30?. The normalized spacial score (nSPS) is 17.4. The van der Waals surface area contributed by atoms with E-state index < -0.39 is 0 Å². The summed E-state index contributed by atoms with van der Waals surface area (Å²) < 4.78 is 16.8. The predicted octanol–water partition coefficient (Wildman–Crippen LogP) is 6.29. The lowest BCUT2D eigenvalue weighted by atomic mass is 10.1. The Labute approximate surface area is 252 Å². The van der Waals surface area contributed by atoms with Gasteiger partial charge in [0, 0.05) is 41.3 Å². The molecule has 2 aliphatic rings. The van der Waals surface area contributed by atoms with Crippen molar-refractivity contribution in [2.75, 3.05) is 40.5 Å². The number of morpholine rings is 1. The molecule has 2 saturated heterocycles. The van der Waals surface area contributed by atoms with E-state index in [1.165, 1.54) is 16.7 Å². The van der Waals surface area contributed by atoms with Crippen LogP contribution in [0.25, 0.3) is 6.08 Å². The molecule has 2 amide bonds. The number of halogens is 2. The van der Waals surface area contributed by atoms with Gasteiger partial charge in [0.15, 0.2) is 16.7 Å². The summed E-state index contributed by atoms with van der Waals surface area (Å²) in [7, 11) is 3.23. The summed E-state index contributed by atoms with van der Waals surface area (Å²) in [6.07, 6.45) is 1.78. The number of amides is 2. The van der Waals surface area contributed by atoms with Crippen molar-refractivity contribution in [2.24, 2.45) is 4.99 Å². The van der Waals surface area contributed by atoms with Gasteiger partial charge in [-0.1, -0.05) is 41.4 Å². The summed E-state index contributed by atoms with van der Waals surface area (Å²) in [4.78, 5) is 34.4. The maximum Gasteiger partial charge on any atom is 0.266 e. The van der Waals surface area contributed by atoms with Crippen LogP contribution >= 0.6 is 35.0 Å². The Morgan fingerprint density at radius 3 is 2.63 bits per heavy atom. The number of carbonyl (C=O) groups excluding carboxylic acids is 2. The van der Waals surface area contributed by atoms with Crippen LogP contribution in [0.2, 0.25) is 10.0 Å². The molecule has 0 saturated carbocycles. The van der Waals surface area contributed by atoms with Crippen molar-refractivity contribution in [3.63, 3.8) is 0 Å². The molecule has 2 aliphatic heterocycles. The van der Waals surface area contributed by atoms with E-state index in [9.17, 15) is 9.59 Å². The lowest BCUT2D eigenvalue weighted by molar-refractivity contribution is -0.121. The fourth-order valence-electron chi connectivity index (χ4n) is 4.26. The number of likely N-dealkylation sites (N-methyl/N-ethyl adjacent to an activating group) is 1. The number of nitrogens with zero attached hydrogens (tertiary/aromatic N) is 3. The van der Waals surface area contributed by atoms with Gasteiger partial charge in [0.25, 0.3) is 11.8 Å². The van der Waals surface area contributed by atoms with Gasteiger partial charge >= 0.3 is 0 Å². The molecule has 5 rings (SSSR count). The first kappa shape index (κ1) is 29.0. The van der Waals surface area contributed by atoms with Gasteiger partial charge in [-0.25, -0.2) is 4.99 Å². The number of hydrogen-bond acceptors (Lipinski definition) is 7. The summed E-state index contributed by atoms with van der Waals surface area (Å²) >= 11 is 13.5. The molecule has 0 aliphatic carbocycles. The summed E-state index contributed by atoms with van der Waals surface area (Å²) in [6.45, 7) is 2.43. The Morgan fingerprint density at radius 1 is 1.07 bits per heavy atom. The zero-order valence-electron chi connectivity index (χ0n) is 22.4. The number of hydrogen-bond donors (Lipinski definition) is 0. The van der Waals surface area contributed by atoms with E-state index in [0.717, 1.165) is 11.1 Å². The van der Waals surface area contributed by atoms with Crippen LogP contribution in [0.1, 0.15) is 21.5 Å². The van der Waals surface area contributed by atoms with Gasteiger partial charge in [-0.05, 0) is 65.9 Å². The molecule has 0 bridgehead atoms. The fraction of sp³-hybridized carbons (Fsp3) is 0.233. The lowest BCUT2D eigenvalue weighted by Gasteiger charge is -2.26. The third-order valence-corrected chi connectivity index (χ3v) is 8.15. The topological polar surface area (TPSA) is 80.7 Å². The van der Waals surface area contributed by atoms with Gasteiger partial charge in [-0.2, -0.15) is 0 Å². The highest BCUT2D eigenvalue weighted by atomic mass is 35.5. The first-order valence-corrected chi connectivity index (χ1v) is 14.4. The van der Waals surface area contributed by atoms with Gasteiger partial charge in [0.05, 0.1) is 30.9 Å². The van der Waals surface area contributed by atoms with Crippen molar-refractivity contribution >= 4 is 63.7 Å². The molecule has 41 heavy (non-hydrogen) atoms. The van der Waals surface area contributed by atoms with Crippen LogP contribution in [0.15, 0.2) is 70.6 Å². The summed E-state index contributed by atoms with van der Waals surface area (Å²) in [5, 5.41) is 1.59. The number of methoxy groups -OCH3 is 1. The van der Waals surface area contributed by atoms with Crippen molar-refractivity contribution in [3.05, 3.63) is 92.3 Å². The fourth-order valence-corrected chi connectivity index (χ4v) is 5.71. The first-order chi connectivity index (χ1) is 19.8. The first-order valence-electron chi connectivity index (χ1n) is 12.8. The van der Waals surface area contributed by atoms with Crippen molar-refractivity contribution < 1.29 is 23.8 Å². The number of amidine groups is 1. The Morgan fingerprint density at radius 2 is 1.88 bits per heavy atom. The third kappa shape index (κ3) is 6.87. The predicted molar refractivity (Wildman–Crippen MR) is 162 cm³/mol. The smallest absolute Gasteiger partial charge is 0.266 e. The van der Waals surface area contributed by atoms with Gasteiger partial charge in [0.1, 0.15) is 6.61 Å². The van der Waals surface area contributed by atoms with Crippen molar-refractivity contribution in [3.8, 4) is 11.5 Å². The molecule has 0 atom stereocenters. The van der Waals surface area contributed by atoms with E-state index in [-0.39, 0.29) is 18.4 Å². The molecule has 3 aromatic rings. The summed E-state index contributed by atoms with van der Waals surface area (Å²) in [6, 6.07) is 17.8. The molecular formula is C30H27Cl2N3O5S. The van der Waals surface area contributed by atoms with Crippen molar-refractivity contribution in [2.45, 2.75) is 6.61 Å². The molecule has 11 heteroatoms. The second-order valence-electron chi connectivity index (χ2n) is 9.26. The summed E-state index contributed by atoms with van der Waals surface area (Å²) in [5.41, 5.74) is 2.70. The van der Waals surface area contributed by atoms with E-state index in [4.69, 9.17) is 37.4 Å². The van der Waals surface area contributed by atoms with Crippen molar-refractivity contribution in [1.82, 2.24) is 9.80 Å². The Hall–Kier alpha value is -3.50. The molecule has 0 aromatic heterocycles. The molecule has 8 nitrogen and oxygen atoms in total. The maximum atomic E-state index is 13.0. The average molecular weight is 613 g/mol. The zero-order chi connectivity index (χ0) is 28.9. The van der Waals surface area contributed by atoms with Crippen LogP contribution < -0.4 is 9.47 Å². The van der Waals surface area contributed by atoms with Gasteiger partial charge in [-0.15, -0.1) is 0 Å². The minimum atomic E-state index is -0.175. The summed E-state index contributed by atoms with van der Waals surface area (Å²) in [5.74, 6) is 0.823. The van der Waals surface area contributed by atoms with Crippen LogP contribution in [0.5, 0.6) is 11.5 Å². The maximum absolute atomic E-state index is 13.0. The van der Waals surface area contributed by atoms with Crippen LogP contribution in [-0.2, 0) is 16.1 Å². The van der Waals surface area contributed by atoms with E-state index in [2.05, 4.69) is 4.99 Å². The number of ether oxygens (including phenoxy) is 3. The van der Waals surface area contributed by atoms with E-state index in [1.807, 2.05) is 18.2 Å². The van der Waals surface area contributed by atoms with Crippen molar-refractivity contribution in [1.29, 1.82) is 0 Å². The largest absolute Gasteiger partial charge is 0.493 e. The highest BCUT2D eigenvalue weighted by molar-refractivity contribution is 8.18. The quantitative estimate of drug-likeness (QED) is 0.292. The SMILES string of the molecule is COc1cc(/C=C2/SC(=Nc3cccc(C(=O)N4CCOCC4)c3)N(C)C2=O)ccc1OCc1ccc(Cl)cc1Cl. The van der Waals surface area contributed by atoms with E-state index >= 15 is 0 Å². The van der Waals surface area contributed by atoms with Crippen LogP contribution in [0.4, 0.5) is 5.69 Å². The van der Waals surface area contributed by atoms with Gasteiger partial charge in [-0.3, -0.25) is 14.5 Å². The molecule has 2 heterocycles. The average Bonchev–Trinajstić information content (AvgIpc) is 3.24. The Bertz CT molecular complexity index is 1540. The Balaban J connectivity index is 1.31. The highest BCUT2D eigenvalue weighted by Gasteiger charge is 2.30. The third-order valence-electron chi connectivity index (χ3n) is 6.50. The van der Waals surface area contributed by atoms with Crippen LogP contribution in [0, 0.1) is 0 Å². The molecule has 0 N–H and O–H groups in total. The van der Waals surface area contributed by atoms with E-state index in [0.29, 0.717) is 69.2 Å². The van der Waals surface area contributed by atoms with Gasteiger partial charge < -0.3 is 19.1 Å². The van der Waals surface area contributed by atoms with Crippen LogP contribution in [-0.4, -0.2) is 67.2 Å². The molecular weight excluding hydrogens is 585 g/mol. The number of thioether (sulfide) groups is 1.